The van der Waals surface area contributed by atoms with Gasteiger partial charge in [-0.1, -0.05) is 76.9 Å². The van der Waals surface area contributed by atoms with E-state index in [4.69, 9.17) is 16.2 Å². The van der Waals surface area contributed by atoms with Crippen molar-refractivity contribution in [2.75, 3.05) is 13.2 Å². The third-order valence-electron chi connectivity index (χ3n) is 4.97. The Bertz CT molecular complexity index is 345. The van der Waals surface area contributed by atoms with Crippen LogP contribution in [0.2, 0.25) is 0 Å². The summed E-state index contributed by atoms with van der Waals surface area (Å²) in [4.78, 5) is 11.7. The van der Waals surface area contributed by atoms with E-state index in [1.54, 1.807) is 0 Å². The minimum atomic E-state index is -0.0647. The number of hydrogen-bond acceptors (Lipinski definition) is 4. The topological polar surface area (TPSA) is 78.3 Å². The molecular weight excluding hydrogens is 336 g/mol. The molecule has 4 N–H and O–H groups in total. The van der Waals surface area contributed by atoms with Gasteiger partial charge in [-0.05, 0) is 45.1 Å². The average molecular weight is 383 g/mol. The van der Waals surface area contributed by atoms with Crippen LogP contribution < -0.4 is 11.5 Å². The summed E-state index contributed by atoms with van der Waals surface area (Å²) in [5, 5.41) is 0. The van der Waals surface area contributed by atoms with Gasteiger partial charge in [-0.2, -0.15) is 0 Å². The molecule has 0 fully saturated rings. The molecule has 0 aromatic carbocycles. The third kappa shape index (κ3) is 21.3. The molecule has 0 aliphatic carbocycles. The molecule has 1 unspecified atom stereocenters. The SMILES string of the molecule is CCCCCC/C=C\COC(=O)CCCCCCCC(N)CCCCCN. The largest absolute Gasteiger partial charge is 0.461 e. The van der Waals surface area contributed by atoms with Gasteiger partial charge < -0.3 is 16.2 Å². The van der Waals surface area contributed by atoms with Crippen LogP contribution in [0.5, 0.6) is 0 Å². The van der Waals surface area contributed by atoms with Crippen molar-refractivity contribution in [2.24, 2.45) is 11.5 Å². The first-order valence-corrected chi connectivity index (χ1v) is 11.5. The number of hydrogen-bond donors (Lipinski definition) is 2. The van der Waals surface area contributed by atoms with E-state index in [2.05, 4.69) is 13.0 Å². The second-order valence-electron chi connectivity index (χ2n) is 7.71. The smallest absolute Gasteiger partial charge is 0.306 e. The molecule has 0 radical (unpaired) electrons. The number of ether oxygens (including phenoxy) is 1. The number of nitrogens with two attached hydrogens (primary N) is 2. The molecule has 0 aliphatic rings. The summed E-state index contributed by atoms with van der Waals surface area (Å²) < 4.78 is 5.23. The van der Waals surface area contributed by atoms with E-state index >= 15 is 0 Å². The van der Waals surface area contributed by atoms with E-state index in [1.807, 2.05) is 6.08 Å². The summed E-state index contributed by atoms with van der Waals surface area (Å²) in [6.45, 7) is 3.44. The molecule has 0 bridgehead atoms. The zero-order chi connectivity index (χ0) is 20.0. The molecule has 0 spiro atoms. The Labute approximate surface area is 168 Å². The van der Waals surface area contributed by atoms with Crippen LogP contribution >= 0.6 is 0 Å². The molecule has 27 heavy (non-hydrogen) atoms. The lowest BCUT2D eigenvalue weighted by Crippen LogP contribution is -2.19. The van der Waals surface area contributed by atoms with E-state index in [0.717, 1.165) is 45.1 Å². The summed E-state index contributed by atoms with van der Waals surface area (Å²) in [5.74, 6) is -0.0647. The van der Waals surface area contributed by atoms with Crippen LogP contribution in [0.15, 0.2) is 12.2 Å². The highest BCUT2D eigenvalue weighted by atomic mass is 16.5. The number of rotatable bonds is 20. The predicted molar refractivity (Wildman–Crippen MR) is 117 cm³/mol. The van der Waals surface area contributed by atoms with Crippen molar-refractivity contribution >= 4 is 5.97 Å². The van der Waals surface area contributed by atoms with E-state index < -0.39 is 0 Å². The molecule has 0 saturated carbocycles. The summed E-state index contributed by atoms with van der Waals surface area (Å²) >= 11 is 0. The lowest BCUT2D eigenvalue weighted by Gasteiger charge is -2.11. The molecule has 0 rings (SSSR count). The third-order valence-corrected chi connectivity index (χ3v) is 4.97. The maximum atomic E-state index is 11.7. The van der Waals surface area contributed by atoms with E-state index in [0.29, 0.717) is 19.1 Å². The van der Waals surface area contributed by atoms with Gasteiger partial charge in [-0.25, -0.2) is 0 Å². The van der Waals surface area contributed by atoms with Gasteiger partial charge >= 0.3 is 5.97 Å². The number of allylic oxidation sites excluding steroid dienone is 1. The second-order valence-corrected chi connectivity index (χ2v) is 7.71. The molecule has 0 aromatic heterocycles. The van der Waals surface area contributed by atoms with Crippen molar-refractivity contribution in [2.45, 2.75) is 116 Å². The Kier molecular flexibility index (Phi) is 20.7. The van der Waals surface area contributed by atoms with E-state index in [1.165, 1.54) is 57.8 Å². The second kappa shape index (κ2) is 21.4. The molecule has 1 atom stereocenters. The molecule has 0 heterocycles. The van der Waals surface area contributed by atoms with Crippen molar-refractivity contribution in [3.8, 4) is 0 Å². The number of unbranched alkanes of at least 4 members (excludes halogenated alkanes) is 10. The minimum absolute atomic E-state index is 0.0647. The van der Waals surface area contributed by atoms with Crippen molar-refractivity contribution in [1.82, 2.24) is 0 Å². The Morgan fingerprint density at radius 1 is 0.852 bits per heavy atom. The van der Waals surface area contributed by atoms with Crippen molar-refractivity contribution in [3.63, 3.8) is 0 Å². The number of esters is 1. The van der Waals surface area contributed by atoms with Crippen LogP contribution in [0.4, 0.5) is 0 Å². The fraction of sp³-hybridized carbons (Fsp3) is 0.870. The van der Waals surface area contributed by atoms with Gasteiger partial charge in [0.15, 0.2) is 0 Å². The fourth-order valence-corrected chi connectivity index (χ4v) is 3.17. The summed E-state index contributed by atoms with van der Waals surface area (Å²) in [6.07, 6.45) is 22.3. The molecule has 0 aromatic rings. The average Bonchev–Trinajstić information content (AvgIpc) is 2.66. The first-order chi connectivity index (χ1) is 13.2. The van der Waals surface area contributed by atoms with Crippen LogP contribution in [0.1, 0.15) is 110 Å². The molecule has 0 amide bonds. The van der Waals surface area contributed by atoms with E-state index in [9.17, 15) is 4.79 Å². The first kappa shape index (κ1) is 26.1. The van der Waals surface area contributed by atoms with Gasteiger partial charge in [0, 0.05) is 12.5 Å². The maximum absolute atomic E-state index is 11.7. The molecule has 0 saturated heterocycles. The van der Waals surface area contributed by atoms with Crippen molar-refractivity contribution < 1.29 is 9.53 Å². The summed E-state index contributed by atoms with van der Waals surface area (Å²) in [7, 11) is 0. The minimum Gasteiger partial charge on any atom is -0.461 e. The van der Waals surface area contributed by atoms with Crippen LogP contribution in [-0.2, 0) is 9.53 Å². The van der Waals surface area contributed by atoms with Gasteiger partial charge in [0.2, 0.25) is 0 Å². The molecule has 4 nitrogen and oxygen atoms in total. The van der Waals surface area contributed by atoms with Gasteiger partial charge in [0.1, 0.15) is 6.61 Å². The summed E-state index contributed by atoms with van der Waals surface area (Å²) in [6, 6.07) is 0.345. The fourth-order valence-electron chi connectivity index (χ4n) is 3.17. The van der Waals surface area contributed by atoms with E-state index in [-0.39, 0.29) is 5.97 Å². The van der Waals surface area contributed by atoms with Gasteiger partial charge in [-0.3, -0.25) is 4.79 Å². The van der Waals surface area contributed by atoms with Crippen LogP contribution in [-0.4, -0.2) is 25.2 Å². The van der Waals surface area contributed by atoms with Gasteiger partial charge in [-0.15, -0.1) is 0 Å². The van der Waals surface area contributed by atoms with Gasteiger partial charge in [0.05, 0.1) is 0 Å². The normalized spacial score (nSPS) is 12.6. The molecular formula is C23H46N2O2. The molecule has 0 aliphatic heterocycles. The van der Waals surface area contributed by atoms with Crippen LogP contribution in [0, 0.1) is 0 Å². The van der Waals surface area contributed by atoms with Crippen LogP contribution in [0.25, 0.3) is 0 Å². The Hall–Kier alpha value is -0.870. The monoisotopic (exact) mass is 382 g/mol. The Morgan fingerprint density at radius 3 is 2.19 bits per heavy atom. The zero-order valence-electron chi connectivity index (χ0n) is 17.9. The number of carbonyl (C=O) groups is 1. The quantitative estimate of drug-likeness (QED) is 0.162. The summed E-state index contributed by atoms with van der Waals surface area (Å²) in [5.41, 5.74) is 11.6. The van der Waals surface area contributed by atoms with Crippen LogP contribution in [0.3, 0.4) is 0 Å². The number of carbonyl (C=O) groups excluding carboxylic acids is 1. The van der Waals surface area contributed by atoms with Crippen molar-refractivity contribution in [3.05, 3.63) is 12.2 Å². The highest BCUT2D eigenvalue weighted by Crippen LogP contribution is 2.12. The Morgan fingerprint density at radius 2 is 1.48 bits per heavy atom. The highest BCUT2D eigenvalue weighted by Gasteiger charge is 2.03. The lowest BCUT2D eigenvalue weighted by atomic mass is 10.0. The molecule has 4 heteroatoms. The zero-order valence-corrected chi connectivity index (χ0v) is 17.9. The van der Waals surface area contributed by atoms with Crippen molar-refractivity contribution in [1.29, 1.82) is 0 Å². The predicted octanol–water partition coefficient (Wildman–Crippen LogP) is 5.63. The highest BCUT2D eigenvalue weighted by molar-refractivity contribution is 5.69. The lowest BCUT2D eigenvalue weighted by molar-refractivity contribution is -0.142. The standard InChI is InChI=1S/C23H46N2O2/c1-2-3-4-5-6-10-16-21-27-23(26)19-14-9-7-8-12-17-22(25)18-13-11-15-20-24/h10,16,22H,2-9,11-15,17-21,24-25H2,1H3/b16-10-. The maximum Gasteiger partial charge on any atom is 0.306 e. The first-order valence-electron chi connectivity index (χ1n) is 11.5. The molecule has 160 valence electrons. The van der Waals surface area contributed by atoms with Gasteiger partial charge in [0.25, 0.3) is 0 Å². The Balaban J connectivity index is 3.32.